The highest BCUT2D eigenvalue weighted by Gasteiger charge is 2.24. The molecule has 10 rings (SSSR count). The van der Waals surface area contributed by atoms with Gasteiger partial charge in [0.2, 0.25) is 0 Å². The second-order valence-electron chi connectivity index (χ2n) is 10.5. The van der Waals surface area contributed by atoms with Crippen LogP contribution >= 0.6 is 0 Å². The van der Waals surface area contributed by atoms with Crippen LogP contribution in [0.5, 0.6) is 0 Å². The molecule has 0 aliphatic heterocycles. The van der Waals surface area contributed by atoms with Gasteiger partial charge in [-0.05, 0) is 48.5 Å². The van der Waals surface area contributed by atoms with Crippen LogP contribution in [0.15, 0.2) is 126 Å². The van der Waals surface area contributed by atoms with Crippen LogP contribution in [-0.4, -0.2) is 8.97 Å². The van der Waals surface area contributed by atoms with Crippen LogP contribution in [0.2, 0.25) is 0 Å². The van der Waals surface area contributed by atoms with E-state index >= 15 is 0 Å². The monoisotopic (exact) mass is 496 g/mol. The number of nitrogens with zero attached hydrogens (tertiary/aromatic N) is 2. The SMILES string of the molecule is c1ccc(-n2c3ccccc3c3cc4c5c6oc7ccccc7c6cc6c7ccccc7n(c4cc32)c65)cc1. The molecule has 10 aromatic rings. The second-order valence-corrected chi connectivity index (χ2v) is 10.5. The van der Waals surface area contributed by atoms with E-state index in [0.717, 1.165) is 16.6 Å². The zero-order valence-electron chi connectivity index (χ0n) is 20.8. The number of fused-ring (bicyclic) bond motifs is 13. The average molecular weight is 497 g/mol. The molecule has 0 unspecified atom stereocenters. The van der Waals surface area contributed by atoms with E-state index in [1.54, 1.807) is 0 Å². The van der Waals surface area contributed by atoms with E-state index in [1.165, 1.54) is 71.0 Å². The number of aromatic nitrogens is 2. The van der Waals surface area contributed by atoms with Crippen molar-refractivity contribution in [3.63, 3.8) is 0 Å². The molecular formula is C36H20N2O. The Morgan fingerprint density at radius 2 is 1.10 bits per heavy atom. The smallest absolute Gasteiger partial charge is 0.145 e. The van der Waals surface area contributed by atoms with E-state index in [1.807, 2.05) is 0 Å². The molecule has 4 heterocycles. The van der Waals surface area contributed by atoms with E-state index < -0.39 is 0 Å². The summed E-state index contributed by atoms with van der Waals surface area (Å²) >= 11 is 0. The largest absolute Gasteiger partial charge is 0.455 e. The maximum absolute atomic E-state index is 6.62. The number of hydrogen-bond donors (Lipinski definition) is 0. The zero-order chi connectivity index (χ0) is 25.2. The predicted molar refractivity (Wildman–Crippen MR) is 163 cm³/mol. The summed E-state index contributed by atoms with van der Waals surface area (Å²) in [6.45, 7) is 0. The van der Waals surface area contributed by atoms with Crippen LogP contribution in [0.1, 0.15) is 0 Å². The lowest BCUT2D eigenvalue weighted by Crippen LogP contribution is -1.93. The Labute approximate surface area is 222 Å². The molecule has 0 aliphatic rings. The van der Waals surface area contributed by atoms with Gasteiger partial charge in [0.15, 0.2) is 0 Å². The minimum absolute atomic E-state index is 0.933. The third-order valence-electron chi connectivity index (χ3n) is 8.61. The number of hydrogen-bond acceptors (Lipinski definition) is 1. The molecule has 0 saturated heterocycles. The van der Waals surface area contributed by atoms with Crippen molar-refractivity contribution in [1.82, 2.24) is 8.97 Å². The van der Waals surface area contributed by atoms with Crippen molar-refractivity contribution in [2.24, 2.45) is 0 Å². The molecule has 0 spiro atoms. The molecule has 180 valence electrons. The fourth-order valence-corrected chi connectivity index (χ4v) is 7.05. The maximum Gasteiger partial charge on any atom is 0.145 e. The Morgan fingerprint density at radius 3 is 1.95 bits per heavy atom. The Balaban J connectivity index is 1.52. The lowest BCUT2D eigenvalue weighted by molar-refractivity contribution is 0.673. The molecular weight excluding hydrogens is 476 g/mol. The van der Waals surface area contributed by atoms with E-state index in [9.17, 15) is 0 Å². The van der Waals surface area contributed by atoms with Crippen LogP contribution in [0, 0.1) is 0 Å². The van der Waals surface area contributed by atoms with Crippen LogP contribution in [0.3, 0.4) is 0 Å². The summed E-state index contributed by atoms with van der Waals surface area (Å²) in [5.74, 6) is 0. The fraction of sp³-hybridized carbons (Fsp3) is 0. The summed E-state index contributed by atoms with van der Waals surface area (Å²) in [6, 6.07) is 43.7. The molecule has 3 nitrogen and oxygen atoms in total. The van der Waals surface area contributed by atoms with E-state index in [4.69, 9.17) is 4.42 Å². The summed E-state index contributed by atoms with van der Waals surface area (Å²) in [5, 5.41) is 9.83. The molecule has 0 atom stereocenters. The molecule has 0 aliphatic carbocycles. The van der Waals surface area contributed by atoms with Gasteiger partial charge in [0.25, 0.3) is 0 Å². The summed E-state index contributed by atoms with van der Waals surface area (Å²) < 4.78 is 11.5. The van der Waals surface area contributed by atoms with E-state index in [0.29, 0.717) is 0 Å². The number of benzene rings is 6. The summed E-state index contributed by atoms with van der Waals surface area (Å²) in [7, 11) is 0. The molecule has 0 radical (unpaired) electrons. The molecule has 0 fully saturated rings. The fourth-order valence-electron chi connectivity index (χ4n) is 7.05. The van der Waals surface area contributed by atoms with Gasteiger partial charge in [-0.25, -0.2) is 0 Å². The van der Waals surface area contributed by atoms with Crippen molar-refractivity contribution < 1.29 is 4.42 Å². The van der Waals surface area contributed by atoms with E-state index in [-0.39, 0.29) is 0 Å². The van der Waals surface area contributed by atoms with Gasteiger partial charge in [-0.2, -0.15) is 0 Å². The highest BCUT2D eigenvalue weighted by atomic mass is 16.3. The lowest BCUT2D eigenvalue weighted by Gasteiger charge is -2.07. The Hall–Kier alpha value is -5.28. The van der Waals surface area contributed by atoms with Gasteiger partial charge in [-0.3, -0.25) is 0 Å². The third kappa shape index (κ3) is 2.31. The highest BCUT2D eigenvalue weighted by molar-refractivity contribution is 6.34. The topological polar surface area (TPSA) is 22.5 Å². The first-order chi connectivity index (χ1) is 19.4. The van der Waals surface area contributed by atoms with Crippen LogP contribution in [-0.2, 0) is 0 Å². The molecule has 39 heavy (non-hydrogen) atoms. The first kappa shape index (κ1) is 19.8. The van der Waals surface area contributed by atoms with Crippen molar-refractivity contribution in [1.29, 1.82) is 0 Å². The first-order valence-corrected chi connectivity index (χ1v) is 13.4. The Morgan fingerprint density at radius 1 is 0.436 bits per heavy atom. The Bertz CT molecular complexity index is 2600. The molecule has 6 aromatic carbocycles. The lowest BCUT2D eigenvalue weighted by atomic mass is 10.0. The van der Waals surface area contributed by atoms with Crippen LogP contribution in [0.4, 0.5) is 0 Å². The van der Waals surface area contributed by atoms with Crippen molar-refractivity contribution in [2.45, 2.75) is 0 Å². The van der Waals surface area contributed by atoms with Crippen molar-refractivity contribution in [3.8, 4) is 5.69 Å². The van der Waals surface area contributed by atoms with Gasteiger partial charge in [0.05, 0.1) is 33.0 Å². The summed E-state index contributed by atoms with van der Waals surface area (Å²) in [5.41, 5.74) is 9.16. The summed E-state index contributed by atoms with van der Waals surface area (Å²) in [6.07, 6.45) is 0. The van der Waals surface area contributed by atoms with Gasteiger partial charge < -0.3 is 13.4 Å². The minimum atomic E-state index is 0.933. The first-order valence-electron chi connectivity index (χ1n) is 13.4. The average Bonchev–Trinajstić information content (AvgIpc) is 3.71. The summed E-state index contributed by atoms with van der Waals surface area (Å²) in [4.78, 5) is 0. The second kappa shape index (κ2) is 6.77. The number of furan rings is 1. The van der Waals surface area contributed by atoms with Crippen molar-refractivity contribution in [2.75, 3.05) is 0 Å². The number of para-hydroxylation sites is 4. The highest BCUT2D eigenvalue weighted by Crippen LogP contribution is 2.47. The molecule has 0 saturated carbocycles. The van der Waals surface area contributed by atoms with Crippen LogP contribution in [0.25, 0.3) is 87.5 Å². The van der Waals surface area contributed by atoms with Gasteiger partial charge in [0.1, 0.15) is 11.2 Å². The maximum atomic E-state index is 6.62. The Kier molecular flexibility index (Phi) is 3.44. The van der Waals surface area contributed by atoms with Crippen molar-refractivity contribution >= 4 is 81.8 Å². The normalized spacial score (nSPS) is 12.6. The third-order valence-corrected chi connectivity index (χ3v) is 8.61. The van der Waals surface area contributed by atoms with Crippen LogP contribution < -0.4 is 0 Å². The standard InChI is InChI=1S/C36H20N2O/c1-2-10-21(11-3-1)37-29-15-7-4-12-22(29)25-18-28-32(20-31(25)37)38-30-16-8-5-13-23(30)26-19-27-24-14-6-9-17-33(24)39-36(27)34(28)35(26)38/h1-20H. The van der Waals surface area contributed by atoms with Gasteiger partial charge >= 0.3 is 0 Å². The molecule has 4 aromatic heterocycles. The van der Waals surface area contributed by atoms with Gasteiger partial charge in [-0.15, -0.1) is 0 Å². The zero-order valence-corrected chi connectivity index (χ0v) is 20.8. The minimum Gasteiger partial charge on any atom is -0.455 e. The number of rotatable bonds is 1. The molecule has 0 bridgehead atoms. The molecule has 0 N–H and O–H groups in total. The van der Waals surface area contributed by atoms with E-state index in [2.05, 4.69) is 130 Å². The molecule has 3 heteroatoms. The predicted octanol–water partition coefficient (Wildman–Crippen LogP) is 9.83. The molecule has 0 amide bonds. The van der Waals surface area contributed by atoms with Gasteiger partial charge in [0, 0.05) is 43.4 Å². The quantitative estimate of drug-likeness (QED) is 0.222. The van der Waals surface area contributed by atoms with Crippen molar-refractivity contribution in [3.05, 3.63) is 121 Å². The van der Waals surface area contributed by atoms with Gasteiger partial charge in [-0.1, -0.05) is 72.8 Å².